The van der Waals surface area contributed by atoms with Crippen molar-refractivity contribution in [1.82, 2.24) is 0 Å². The van der Waals surface area contributed by atoms with Crippen LogP contribution in [0.3, 0.4) is 0 Å². The lowest BCUT2D eigenvalue weighted by molar-refractivity contribution is 0.403. The summed E-state index contributed by atoms with van der Waals surface area (Å²) in [5, 5.41) is 2.31. The number of hydrogen-bond acceptors (Lipinski definition) is 2. The van der Waals surface area contributed by atoms with Crippen LogP contribution in [0.1, 0.15) is 5.56 Å². The van der Waals surface area contributed by atoms with E-state index in [1.165, 1.54) is 27.6 Å². The second-order valence-corrected chi connectivity index (χ2v) is 6.82. The van der Waals surface area contributed by atoms with E-state index in [1.54, 1.807) is 7.11 Å². The molecule has 0 aromatic heterocycles. The lowest BCUT2D eigenvalue weighted by atomic mass is 9.92. The van der Waals surface area contributed by atoms with Crippen LogP contribution in [0.2, 0.25) is 0 Å². The topological polar surface area (TPSA) is 9.23 Å². The van der Waals surface area contributed by atoms with Crippen LogP contribution in [0, 0.1) is 6.92 Å². The molecular formula is C24H20OS. The number of methoxy groups -OCH3 is 1. The monoisotopic (exact) mass is 356 g/mol. The molecule has 0 N–H and O–H groups in total. The van der Waals surface area contributed by atoms with Gasteiger partial charge in [0, 0.05) is 5.56 Å². The summed E-state index contributed by atoms with van der Waals surface area (Å²) in [5.41, 5.74) is 5.95. The molecule has 0 spiro atoms. The molecule has 1 nitrogen and oxygen atoms in total. The molecule has 0 aliphatic heterocycles. The van der Waals surface area contributed by atoms with E-state index in [0.29, 0.717) is 0 Å². The molecule has 0 radical (unpaired) electrons. The highest BCUT2D eigenvalue weighted by atomic mass is 32.1. The van der Waals surface area contributed by atoms with Gasteiger partial charge in [-0.2, -0.15) is 0 Å². The number of hydrogen-bond donors (Lipinski definition) is 1. The molecule has 0 aliphatic rings. The third kappa shape index (κ3) is 2.77. The lowest BCUT2D eigenvalue weighted by Gasteiger charge is -2.17. The molecule has 0 saturated heterocycles. The summed E-state index contributed by atoms with van der Waals surface area (Å²) in [6.45, 7) is 2.10. The van der Waals surface area contributed by atoms with Gasteiger partial charge in [-0.15, -0.1) is 12.6 Å². The smallest absolute Gasteiger partial charge is 0.136 e. The average molecular weight is 356 g/mol. The fourth-order valence-corrected chi connectivity index (χ4v) is 4.06. The fraction of sp³-hybridized carbons (Fsp3) is 0.0833. The third-order valence-corrected chi connectivity index (χ3v) is 5.31. The van der Waals surface area contributed by atoms with Crippen molar-refractivity contribution in [2.75, 3.05) is 7.11 Å². The molecule has 4 aromatic rings. The van der Waals surface area contributed by atoms with E-state index in [9.17, 15) is 0 Å². The summed E-state index contributed by atoms with van der Waals surface area (Å²) in [5.74, 6) is 0.842. The minimum Gasteiger partial charge on any atom is -0.495 e. The maximum atomic E-state index is 5.66. The molecule has 0 atom stereocenters. The molecule has 0 aliphatic carbocycles. The van der Waals surface area contributed by atoms with Crippen molar-refractivity contribution in [2.45, 2.75) is 11.8 Å². The molecule has 0 amide bonds. The van der Waals surface area contributed by atoms with Gasteiger partial charge in [-0.1, -0.05) is 78.9 Å². The zero-order valence-corrected chi connectivity index (χ0v) is 15.8. The summed E-state index contributed by atoms with van der Waals surface area (Å²) in [6, 6.07) is 27.5. The minimum atomic E-state index is 0.842. The van der Waals surface area contributed by atoms with Gasteiger partial charge in [0.2, 0.25) is 0 Å². The quantitative estimate of drug-likeness (QED) is 0.398. The second kappa shape index (κ2) is 6.89. The van der Waals surface area contributed by atoms with Crippen LogP contribution < -0.4 is 4.74 Å². The Morgan fingerprint density at radius 2 is 1.19 bits per heavy atom. The van der Waals surface area contributed by atoms with Crippen LogP contribution >= 0.6 is 12.6 Å². The Bertz CT molecular complexity index is 1070. The van der Waals surface area contributed by atoms with Crippen LogP contribution in [0.5, 0.6) is 5.75 Å². The molecule has 128 valence electrons. The van der Waals surface area contributed by atoms with E-state index in [-0.39, 0.29) is 0 Å². The van der Waals surface area contributed by atoms with Crippen LogP contribution in [0.15, 0.2) is 83.8 Å². The molecule has 26 heavy (non-hydrogen) atoms. The third-order valence-electron chi connectivity index (χ3n) is 4.87. The van der Waals surface area contributed by atoms with Gasteiger partial charge in [0.15, 0.2) is 0 Å². The van der Waals surface area contributed by atoms with Crippen LogP contribution in [0.4, 0.5) is 0 Å². The summed E-state index contributed by atoms with van der Waals surface area (Å²) in [6.07, 6.45) is 0. The fourth-order valence-electron chi connectivity index (χ4n) is 3.60. The molecule has 0 heterocycles. The molecule has 2 heteroatoms. The number of ether oxygens (including phenoxy) is 1. The van der Waals surface area contributed by atoms with Crippen LogP contribution in [-0.4, -0.2) is 7.11 Å². The second-order valence-electron chi connectivity index (χ2n) is 6.37. The molecule has 0 bridgehead atoms. The molecule has 0 saturated carbocycles. The average Bonchev–Trinajstić information content (AvgIpc) is 2.70. The van der Waals surface area contributed by atoms with E-state index < -0.39 is 0 Å². The Kier molecular flexibility index (Phi) is 4.44. The van der Waals surface area contributed by atoms with E-state index in [0.717, 1.165) is 21.6 Å². The van der Waals surface area contributed by atoms with Crippen molar-refractivity contribution in [3.05, 3.63) is 84.4 Å². The van der Waals surface area contributed by atoms with Gasteiger partial charge < -0.3 is 4.74 Å². The molecule has 0 fully saturated rings. The Hall–Kier alpha value is -2.71. The number of benzene rings is 4. The summed E-state index contributed by atoms with van der Waals surface area (Å²) in [4.78, 5) is 0.894. The highest BCUT2D eigenvalue weighted by molar-refractivity contribution is 7.80. The van der Waals surface area contributed by atoms with Crippen LogP contribution in [0.25, 0.3) is 33.0 Å². The highest BCUT2D eigenvalue weighted by Gasteiger charge is 2.16. The number of thiol groups is 1. The zero-order chi connectivity index (χ0) is 18.1. The first kappa shape index (κ1) is 16.7. The number of fused-ring (bicyclic) bond motifs is 1. The standard InChI is InChI=1S/C24H20OS/c1-16-22(20-10-6-7-11-21(20)24(26)23(16)25-2)19-14-12-18(13-15-19)17-8-4-3-5-9-17/h3-15,26H,1-2H3. The van der Waals surface area contributed by atoms with Gasteiger partial charge in [0.1, 0.15) is 5.75 Å². The van der Waals surface area contributed by atoms with Crippen LogP contribution in [-0.2, 0) is 0 Å². The predicted molar refractivity (Wildman–Crippen MR) is 113 cm³/mol. The van der Waals surface area contributed by atoms with Crippen molar-refractivity contribution >= 4 is 23.4 Å². The van der Waals surface area contributed by atoms with Crippen molar-refractivity contribution in [3.8, 4) is 28.0 Å². The van der Waals surface area contributed by atoms with Gasteiger partial charge >= 0.3 is 0 Å². The molecule has 4 rings (SSSR count). The molecule has 4 aromatic carbocycles. The maximum absolute atomic E-state index is 5.66. The normalized spacial score (nSPS) is 10.9. The van der Waals surface area contributed by atoms with Gasteiger partial charge in [0.05, 0.1) is 12.0 Å². The van der Waals surface area contributed by atoms with Crippen molar-refractivity contribution in [2.24, 2.45) is 0 Å². The van der Waals surface area contributed by atoms with Crippen molar-refractivity contribution < 1.29 is 4.74 Å². The first-order valence-electron chi connectivity index (χ1n) is 8.65. The SMILES string of the molecule is COc1c(C)c(-c2ccc(-c3ccccc3)cc2)c2ccccc2c1S. The zero-order valence-electron chi connectivity index (χ0n) is 14.9. The Labute approximate surface area is 159 Å². The van der Waals surface area contributed by atoms with Crippen molar-refractivity contribution in [3.63, 3.8) is 0 Å². The summed E-state index contributed by atoms with van der Waals surface area (Å²) >= 11 is 4.71. The van der Waals surface area contributed by atoms with E-state index in [4.69, 9.17) is 17.4 Å². The molecular weight excluding hydrogens is 336 g/mol. The first-order valence-corrected chi connectivity index (χ1v) is 9.09. The minimum absolute atomic E-state index is 0.842. The van der Waals surface area contributed by atoms with Crippen molar-refractivity contribution in [1.29, 1.82) is 0 Å². The lowest BCUT2D eigenvalue weighted by Crippen LogP contribution is -1.95. The predicted octanol–water partition coefficient (Wildman–Crippen LogP) is 6.78. The van der Waals surface area contributed by atoms with E-state index >= 15 is 0 Å². The van der Waals surface area contributed by atoms with Gasteiger partial charge in [-0.05, 0) is 39.9 Å². The van der Waals surface area contributed by atoms with Gasteiger partial charge in [-0.3, -0.25) is 0 Å². The Balaban J connectivity index is 1.92. The van der Waals surface area contributed by atoms with E-state index in [2.05, 4.69) is 73.7 Å². The first-order chi connectivity index (χ1) is 12.7. The summed E-state index contributed by atoms with van der Waals surface area (Å²) < 4.78 is 5.66. The largest absolute Gasteiger partial charge is 0.495 e. The Morgan fingerprint density at radius 3 is 1.85 bits per heavy atom. The highest BCUT2D eigenvalue weighted by Crippen LogP contribution is 2.42. The Morgan fingerprint density at radius 1 is 0.654 bits per heavy atom. The van der Waals surface area contributed by atoms with Gasteiger partial charge in [-0.25, -0.2) is 0 Å². The molecule has 0 unspecified atom stereocenters. The summed E-state index contributed by atoms with van der Waals surface area (Å²) in [7, 11) is 1.71. The maximum Gasteiger partial charge on any atom is 0.136 e. The van der Waals surface area contributed by atoms with Gasteiger partial charge in [0.25, 0.3) is 0 Å². The van der Waals surface area contributed by atoms with E-state index in [1.807, 2.05) is 12.1 Å². The number of rotatable bonds is 3.